The van der Waals surface area contributed by atoms with Gasteiger partial charge < -0.3 is 15.0 Å². The third-order valence-corrected chi connectivity index (χ3v) is 3.44. The molecule has 0 unspecified atom stereocenters. The molecule has 1 heterocycles. The molecule has 0 atom stereocenters. The first kappa shape index (κ1) is 13.6. The highest BCUT2D eigenvalue weighted by Crippen LogP contribution is 2.32. The summed E-state index contributed by atoms with van der Waals surface area (Å²) in [6, 6.07) is 5.25. The zero-order chi connectivity index (χ0) is 14.0. The lowest BCUT2D eigenvalue weighted by Gasteiger charge is -2.12. The van der Waals surface area contributed by atoms with E-state index in [9.17, 15) is 4.79 Å². The molecule has 100 valence electrons. The maximum Gasteiger partial charge on any atom is 0.313 e. The molecule has 1 aromatic heterocycles. The number of hydrogen-bond donors (Lipinski definition) is 1. The van der Waals surface area contributed by atoms with E-state index in [0.717, 1.165) is 0 Å². The first-order valence-electron chi connectivity index (χ1n) is 5.79. The number of hydrogen-bond acceptors (Lipinski definition) is 4. The Kier molecular flexibility index (Phi) is 3.90. The van der Waals surface area contributed by atoms with Crippen LogP contribution in [0.1, 0.15) is 19.9 Å². The number of nitrogen functional groups attached to an aromatic ring is 1. The van der Waals surface area contributed by atoms with Crippen molar-refractivity contribution in [1.82, 2.24) is 9.55 Å². The summed E-state index contributed by atoms with van der Waals surface area (Å²) in [5.41, 5.74) is 6.03. The van der Waals surface area contributed by atoms with E-state index in [-0.39, 0.29) is 17.5 Å². The van der Waals surface area contributed by atoms with Crippen molar-refractivity contribution in [3.05, 3.63) is 45.4 Å². The molecule has 0 bridgehead atoms. The maximum atomic E-state index is 12.1. The standard InChI is InChI=1S/C13H14BrN3O2/c1-8(2)17-7-6-16-12(13(17)18)19-10-5-3-4-9(15)11(10)14/h3-8H,15H2,1-2H3. The lowest BCUT2D eigenvalue weighted by atomic mass is 10.3. The Morgan fingerprint density at radius 1 is 1.42 bits per heavy atom. The fourth-order valence-electron chi connectivity index (χ4n) is 1.59. The van der Waals surface area contributed by atoms with Crippen LogP contribution in [0.4, 0.5) is 5.69 Å². The van der Waals surface area contributed by atoms with Gasteiger partial charge in [-0.05, 0) is 41.9 Å². The highest BCUT2D eigenvalue weighted by Gasteiger charge is 2.12. The number of nitrogens with two attached hydrogens (primary N) is 1. The van der Waals surface area contributed by atoms with E-state index in [2.05, 4.69) is 20.9 Å². The molecular weight excluding hydrogens is 310 g/mol. The maximum absolute atomic E-state index is 12.1. The van der Waals surface area contributed by atoms with Gasteiger partial charge >= 0.3 is 5.56 Å². The molecule has 0 aliphatic carbocycles. The van der Waals surface area contributed by atoms with Crippen molar-refractivity contribution in [1.29, 1.82) is 0 Å². The van der Waals surface area contributed by atoms with Gasteiger partial charge in [-0.1, -0.05) is 6.07 Å². The highest BCUT2D eigenvalue weighted by atomic mass is 79.9. The van der Waals surface area contributed by atoms with E-state index in [0.29, 0.717) is 15.9 Å². The average Bonchev–Trinajstić information content (AvgIpc) is 2.37. The van der Waals surface area contributed by atoms with Crippen LogP contribution in [-0.2, 0) is 0 Å². The summed E-state index contributed by atoms with van der Waals surface area (Å²) in [5, 5.41) is 0. The van der Waals surface area contributed by atoms with Crippen molar-refractivity contribution < 1.29 is 4.74 Å². The molecule has 2 N–H and O–H groups in total. The number of rotatable bonds is 3. The number of benzene rings is 1. The fraction of sp³-hybridized carbons (Fsp3) is 0.231. The van der Waals surface area contributed by atoms with Gasteiger partial charge in [-0.15, -0.1) is 0 Å². The SMILES string of the molecule is CC(C)n1ccnc(Oc2cccc(N)c2Br)c1=O. The summed E-state index contributed by atoms with van der Waals surface area (Å²) < 4.78 is 7.71. The Morgan fingerprint density at radius 3 is 2.84 bits per heavy atom. The van der Waals surface area contributed by atoms with Crippen molar-refractivity contribution in [2.24, 2.45) is 0 Å². The Balaban J connectivity index is 2.42. The van der Waals surface area contributed by atoms with Gasteiger partial charge in [0.05, 0.1) is 4.47 Å². The Labute approximate surface area is 119 Å². The molecule has 0 saturated carbocycles. The minimum atomic E-state index is -0.271. The number of anilines is 1. The fourth-order valence-corrected chi connectivity index (χ4v) is 1.94. The van der Waals surface area contributed by atoms with Gasteiger partial charge in [-0.25, -0.2) is 4.98 Å². The summed E-state index contributed by atoms with van der Waals surface area (Å²) in [7, 11) is 0. The number of ether oxygens (including phenoxy) is 1. The van der Waals surface area contributed by atoms with Crippen LogP contribution in [0.3, 0.4) is 0 Å². The zero-order valence-electron chi connectivity index (χ0n) is 10.6. The first-order chi connectivity index (χ1) is 9.00. The van der Waals surface area contributed by atoms with E-state index in [1.54, 1.807) is 29.0 Å². The summed E-state index contributed by atoms with van der Waals surface area (Å²) in [4.78, 5) is 16.1. The van der Waals surface area contributed by atoms with Crippen LogP contribution in [0.2, 0.25) is 0 Å². The lowest BCUT2D eigenvalue weighted by Crippen LogP contribution is -2.23. The van der Waals surface area contributed by atoms with Gasteiger partial charge in [-0.2, -0.15) is 0 Å². The topological polar surface area (TPSA) is 70.1 Å². The van der Waals surface area contributed by atoms with Crippen molar-refractivity contribution in [3.8, 4) is 11.6 Å². The number of aromatic nitrogens is 2. The average molecular weight is 324 g/mol. The summed E-state index contributed by atoms with van der Waals surface area (Å²) in [6.07, 6.45) is 3.17. The molecule has 6 heteroatoms. The predicted octanol–water partition coefficient (Wildman–Crippen LogP) is 2.96. The van der Waals surface area contributed by atoms with Crippen molar-refractivity contribution in [2.75, 3.05) is 5.73 Å². The lowest BCUT2D eigenvalue weighted by molar-refractivity contribution is 0.435. The second-order valence-corrected chi connectivity index (χ2v) is 5.09. The summed E-state index contributed by atoms with van der Waals surface area (Å²) in [5.74, 6) is 0.494. The molecule has 0 amide bonds. The zero-order valence-corrected chi connectivity index (χ0v) is 12.2. The van der Waals surface area contributed by atoms with Crippen molar-refractivity contribution >= 4 is 21.6 Å². The van der Waals surface area contributed by atoms with Crippen LogP contribution in [-0.4, -0.2) is 9.55 Å². The number of nitrogens with zero attached hydrogens (tertiary/aromatic N) is 2. The van der Waals surface area contributed by atoms with Crippen LogP contribution in [0.5, 0.6) is 11.6 Å². The quantitative estimate of drug-likeness (QED) is 0.881. The van der Waals surface area contributed by atoms with Crippen LogP contribution < -0.4 is 16.0 Å². The van der Waals surface area contributed by atoms with Gasteiger partial charge in [0, 0.05) is 24.1 Å². The molecule has 1 aromatic carbocycles. The largest absolute Gasteiger partial charge is 0.433 e. The van der Waals surface area contributed by atoms with E-state index >= 15 is 0 Å². The summed E-state index contributed by atoms with van der Waals surface area (Å²) in [6.45, 7) is 3.84. The minimum Gasteiger partial charge on any atom is -0.433 e. The summed E-state index contributed by atoms with van der Waals surface area (Å²) >= 11 is 3.32. The molecule has 0 saturated heterocycles. The van der Waals surface area contributed by atoms with Gasteiger partial charge in [0.25, 0.3) is 5.88 Å². The molecule has 0 fully saturated rings. The van der Waals surface area contributed by atoms with Crippen LogP contribution in [0.15, 0.2) is 39.9 Å². The van der Waals surface area contributed by atoms with Gasteiger partial charge in [-0.3, -0.25) is 4.79 Å². The van der Waals surface area contributed by atoms with Crippen molar-refractivity contribution in [3.63, 3.8) is 0 Å². The Bertz CT molecular complexity index is 653. The third-order valence-electron chi connectivity index (χ3n) is 2.59. The van der Waals surface area contributed by atoms with Crippen LogP contribution in [0, 0.1) is 0 Å². The Hall–Kier alpha value is -1.82. The monoisotopic (exact) mass is 323 g/mol. The predicted molar refractivity (Wildman–Crippen MR) is 77.5 cm³/mol. The second-order valence-electron chi connectivity index (χ2n) is 4.30. The molecule has 2 rings (SSSR count). The molecule has 5 nitrogen and oxygen atoms in total. The van der Waals surface area contributed by atoms with E-state index < -0.39 is 0 Å². The molecule has 0 radical (unpaired) electrons. The molecule has 0 aliphatic heterocycles. The molecule has 2 aromatic rings. The smallest absolute Gasteiger partial charge is 0.313 e. The molecule has 19 heavy (non-hydrogen) atoms. The van der Waals surface area contributed by atoms with E-state index in [4.69, 9.17) is 10.5 Å². The minimum absolute atomic E-state index is 0.0301. The highest BCUT2D eigenvalue weighted by molar-refractivity contribution is 9.10. The molecule has 0 spiro atoms. The second kappa shape index (κ2) is 5.44. The molecular formula is C13H14BrN3O2. The van der Waals surface area contributed by atoms with Crippen molar-refractivity contribution in [2.45, 2.75) is 19.9 Å². The Morgan fingerprint density at radius 2 is 2.16 bits per heavy atom. The van der Waals surface area contributed by atoms with Crippen LogP contribution in [0.25, 0.3) is 0 Å². The number of halogens is 1. The van der Waals surface area contributed by atoms with Gasteiger partial charge in [0.2, 0.25) is 0 Å². The van der Waals surface area contributed by atoms with Gasteiger partial charge in [0.1, 0.15) is 5.75 Å². The molecule has 0 aliphatic rings. The van der Waals surface area contributed by atoms with E-state index in [1.165, 1.54) is 6.20 Å². The van der Waals surface area contributed by atoms with E-state index in [1.807, 2.05) is 13.8 Å². The third kappa shape index (κ3) is 2.78. The first-order valence-corrected chi connectivity index (χ1v) is 6.59. The normalized spacial score (nSPS) is 10.7. The van der Waals surface area contributed by atoms with Gasteiger partial charge in [0.15, 0.2) is 0 Å². The van der Waals surface area contributed by atoms with Crippen LogP contribution >= 0.6 is 15.9 Å².